The van der Waals surface area contributed by atoms with Crippen LogP contribution in [0.5, 0.6) is 0 Å². The quantitative estimate of drug-likeness (QED) is 0.169. The van der Waals surface area contributed by atoms with Gasteiger partial charge in [-0.2, -0.15) is 0 Å². The third kappa shape index (κ3) is 4.32. The lowest BCUT2D eigenvalue weighted by Crippen LogP contribution is -1.98. The lowest BCUT2D eigenvalue weighted by atomic mass is 9.76. The molecule has 0 atom stereocenters. The molecule has 0 nitrogen and oxygen atoms in total. The second kappa shape index (κ2) is 11.6. The van der Waals surface area contributed by atoms with Gasteiger partial charge >= 0.3 is 0 Å². The number of benzene rings is 10. The van der Waals surface area contributed by atoms with Crippen molar-refractivity contribution in [1.82, 2.24) is 0 Å². The Bertz CT molecular complexity index is 2690. The second-order valence-electron chi connectivity index (χ2n) is 13.1. The summed E-state index contributed by atoms with van der Waals surface area (Å²) in [4.78, 5) is 0. The molecule has 0 fully saturated rings. The second-order valence-corrected chi connectivity index (χ2v) is 13.1. The Labute approximate surface area is 291 Å². The van der Waals surface area contributed by atoms with E-state index in [1.807, 2.05) is 0 Å². The van der Waals surface area contributed by atoms with Crippen molar-refractivity contribution in [3.63, 3.8) is 0 Å². The van der Waals surface area contributed by atoms with Crippen molar-refractivity contribution in [2.45, 2.75) is 0 Å². The zero-order chi connectivity index (χ0) is 33.0. The number of fused-ring (bicyclic) bond motifs is 5. The first kappa shape index (κ1) is 28.5. The summed E-state index contributed by atoms with van der Waals surface area (Å²) in [5.41, 5.74) is 10.0. The molecule has 0 N–H and O–H groups in total. The lowest BCUT2D eigenvalue weighted by molar-refractivity contribution is 1.64. The third-order valence-corrected chi connectivity index (χ3v) is 10.4. The molecule has 0 heteroatoms. The molecule has 50 heavy (non-hydrogen) atoms. The predicted molar refractivity (Wildman–Crippen MR) is 216 cm³/mol. The molecule has 0 unspecified atom stereocenters. The van der Waals surface area contributed by atoms with Crippen molar-refractivity contribution < 1.29 is 0 Å². The Kier molecular flexibility index (Phi) is 6.60. The van der Waals surface area contributed by atoms with Crippen LogP contribution in [0.1, 0.15) is 0 Å². The molecule has 0 saturated carbocycles. The van der Waals surface area contributed by atoms with E-state index in [0.29, 0.717) is 0 Å². The van der Waals surface area contributed by atoms with E-state index in [-0.39, 0.29) is 0 Å². The molecule has 10 aromatic rings. The molecule has 0 aliphatic carbocycles. The highest BCUT2D eigenvalue weighted by Gasteiger charge is 2.26. The average Bonchev–Trinajstić information content (AvgIpc) is 3.19. The summed E-state index contributed by atoms with van der Waals surface area (Å²) in [6.45, 7) is 0. The Hall–Kier alpha value is -6.50. The molecular formula is C50H32. The minimum absolute atomic E-state index is 1.22. The van der Waals surface area contributed by atoms with E-state index in [1.165, 1.54) is 98.4 Å². The van der Waals surface area contributed by atoms with Gasteiger partial charge in [-0.15, -0.1) is 0 Å². The molecule has 0 amide bonds. The summed E-state index contributed by atoms with van der Waals surface area (Å²) < 4.78 is 0. The molecule has 0 aromatic heterocycles. The van der Waals surface area contributed by atoms with Crippen LogP contribution in [-0.4, -0.2) is 0 Å². The molecule has 0 aliphatic heterocycles. The van der Waals surface area contributed by atoms with E-state index in [9.17, 15) is 0 Å². The molecule has 10 aromatic carbocycles. The molecule has 0 saturated heterocycles. The molecule has 10 rings (SSSR count). The highest BCUT2D eigenvalue weighted by Crippen LogP contribution is 2.54. The van der Waals surface area contributed by atoms with Gasteiger partial charge in [-0.25, -0.2) is 0 Å². The van der Waals surface area contributed by atoms with Gasteiger partial charge in [0.2, 0.25) is 0 Å². The summed E-state index contributed by atoms with van der Waals surface area (Å²) in [5.74, 6) is 0. The van der Waals surface area contributed by atoms with Gasteiger partial charge in [-0.1, -0.05) is 194 Å². The maximum absolute atomic E-state index is 2.34. The maximum atomic E-state index is 2.34. The van der Waals surface area contributed by atoms with Gasteiger partial charge in [-0.3, -0.25) is 0 Å². The smallest absolute Gasteiger partial charge is 0.000116 e. The largest absolute Gasteiger partial charge is 0.0622 e. The van der Waals surface area contributed by atoms with Crippen LogP contribution in [0.3, 0.4) is 0 Å². The van der Waals surface area contributed by atoms with Crippen molar-refractivity contribution in [1.29, 1.82) is 0 Å². The lowest BCUT2D eigenvalue weighted by Gasteiger charge is -2.26. The SMILES string of the molecule is c1ccc(-c2c3ccccc3c(-c3ccccc3)c3c(-c4cccc5ccccc45)c4ccccc4c(-c4cccc5ccccc45)c23)cc1. The highest BCUT2D eigenvalue weighted by molar-refractivity contribution is 6.35. The van der Waals surface area contributed by atoms with Gasteiger partial charge in [-0.05, 0) is 98.4 Å². The van der Waals surface area contributed by atoms with Crippen LogP contribution in [-0.2, 0) is 0 Å². The Morgan fingerprint density at radius 2 is 0.500 bits per heavy atom. The van der Waals surface area contributed by atoms with Crippen LogP contribution in [0.25, 0.3) is 98.4 Å². The number of hydrogen-bond acceptors (Lipinski definition) is 0. The minimum Gasteiger partial charge on any atom is -0.0622 e. The third-order valence-electron chi connectivity index (χ3n) is 10.4. The molecular weight excluding hydrogens is 601 g/mol. The molecule has 0 bridgehead atoms. The van der Waals surface area contributed by atoms with Gasteiger partial charge in [0.05, 0.1) is 0 Å². The first-order valence-corrected chi connectivity index (χ1v) is 17.4. The van der Waals surface area contributed by atoms with Crippen molar-refractivity contribution >= 4 is 53.9 Å². The van der Waals surface area contributed by atoms with Gasteiger partial charge in [0.1, 0.15) is 0 Å². The highest BCUT2D eigenvalue weighted by atomic mass is 14.3. The summed E-state index contributed by atoms with van der Waals surface area (Å²) in [6, 6.07) is 71.4. The maximum Gasteiger partial charge on any atom is -0.000116 e. The van der Waals surface area contributed by atoms with Gasteiger partial charge < -0.3 is 0 Å². The summed E-state index contributed by atoms with van der Waals surface area (Å²) >= 11 is 0. The zero-order valence-electron chi connectivity index (χ0n) is 27.5. The Morgan fingerprint density at radius 1 is 0.200 bits per heavy atom. The van der Waals surface area contributed by atoms with E-state index in [1.54, 1.807) is 0 Å². The summed E-state index contributed by atoms with van der Waals surface area (Å²) in [5, 5.41) is 12.6. The number of hydrogen-bond donors (Lipinski definition) is 0. The summed E-state index contributed by atoms with van der Waals surface area (Å²) in [7, 11) is 0. The standard InChI is InChI=1S/C50H32/c1-3-19-35(20-4-1)45-41-27-11-12-28-42(41)46(36-21-5-2-6-22-36)50-48(40-32-16-24-34-18-8-10-26-38(34)40)44-30-14-13-29-43(44)47(49(45)50)39-31-15-23-33-17-7-9-25-37(33)39/h1-32H. The van der Waals surface area contributed by atoms with Gasteiger partial charge in [0.15, 0.2) is 0 Å². The van der Waals surface area contributed by atoms with Crippen LogP contribution >= 0.6 is 0 Å². The monoisotopic (exact) mass is 632 g/mol. The minimum atomic E-state index is 1.22. The fourth-order valence-electron chi connectivity index (χ4n) is 8.38. The van der Waals surface area contributed by atoms with Crippen molar-refractivity contribution in [3.05, 3.63) is 194 Å². The fourth-order valence-corrected chi connectivity index (χ4v) is 8.38. The van der Waals surface area contributed by atoms with E-state index < -0.39 is 0 Å². The van der Waals surface area contributed by atoms with Crippen LogP contribution < -0.4 is 0 Å². The van der Waals surface area contributed by atoms with Crippen LogP contribution in [0.15, 0.2) is 194 Å². The fraction of sp³-hybridized carbons (Fsp3) is 0. The molecule has 0 aliphatic rings. The Morgan fingerprint density at radius 3 is 0.900 bits per heavy atom. The van der Waals surface area contributed by atoms with Crippen molar-refractivity contribution in [2.24, 2.45) is 0 Å². The predicted octanol–water partition coefficient (Wildman–Crippen LogP) is 14.1. The summed E-state index contributed by atoms with van der Waals surface area (Å²) in [6.07, 6.45) is 0. The first-order chi connectivity index (χ1) is 24.9. The van der Waals surface area contributed by atoms with Crippen LogP contribution in [0, 0.1) is 0 Å². The van der Waals surface area contributed by atoms with E-state index in [4.69, 9.17) is 0 Å². The van der Waals surface area contributed by atoms with E-state index in [2.05, 4.69) is 194 Å². The Balaban J connectivity index is 1.59. The van der Waals surface area contributed by atoms with E-state index >= 15 is 0 Å². The van der Waals surface area contributed by atoms with Crippen LogP contribution in [0.2, 0.25) is 0 Å². The first-order valence-electron chi connectivity index (χ1n) is 17.4. The molecule has 0 spiro atoms. The zero-order valence-corrected chi connectivity index (χ0v) is 27.5. The van der Waals surface area contributed by atoms with Crippen molar-refractivity contribution in [3.8, 4) is 44.5 Å². The average molecular weight is 633 g/mol. The van der Waals surface area contributed by atoms with Crippen LogP contribution in [0.4, 0.5) is 0 Å². The molecule has 0 heterocycles. The number of rotatable bonds is 4. The molecule has 232 valence electrons. The van der Waals surface area contributed by atoms with E-state index in [0.717, 1.165) is 0 Å². The van der Waals surface area contributed by atoms with Crippen molar-refractivity contribution in [2.75, 3.05) is 0 Å². The molecule has 0 radical (unpaired) electrons. The van der Waals surface area contributed by atoms with Gasteiger partial charge in [0.25, 0.3) is 0 Å². The normalized spacial score (nSPS) is 11.6. The topological polar surface area (TPSA) is 0 Å². The van der Waals surface area contributed by atoms with Gasteiger partial charge in [0, 0.05) is 0 Å².